The molecule has 6 heteroatoms. The van der Waals surface area contributed by atoms with E-state index in [2.05, 4.69) is 10.3 Å². The minimum atomic E-state index is 0.523. The zero-order chi connectivity index (χ0) is 15.2. The molecule has 2 rings (SSSR count). The highest BCUT2D eigenvalue weighted by molar-refractivity contribution is 5.56. The van der Waals surface area contributed by atoms with Crippen molar-refractivity contribution in [3.8, 4) is 28.7 Å². The van der Waals surface area contributed by atoms with Gasteiger partial charge in [0.1, 0.15) is 11.5 Å². The molecule has 6 nitrogen and oxygen atoms in total. The Hall–Kier alpha value is -2.63. The number of aromatic nitrogens is 1. The van der Waals surface area contributed by atoms with Crippen LogP contribution in [0.5, 0.6) is 28.7 Å². The Labute approximate surface area is 123 Å². The van der Waals surface area contributed by atoms with Gasteiger partial charge in [-0.2, -0.15) is 0 Å². The van der Waals surface area contributed by atoms with Gasteiger partial charge in [0.25, 0.3) is 0 Å². The summed E-state index contributed by atoms with van der Waals surface area (Å²) in [7, 11) is 6.50. The molecule has 112 valence electrons. The first-order valence-electron chi connectivity index (χ1n) is 6.32. The van der Waals surface area contributed by atoms with Crippen LogP contribution in [0.3, 0.4) is 0 Å². The van der Waals surface area contributed by atoms with Crippen LogP contribution in [0.1, 0.15) is 0 Å². The molecule has 2 aromatic rings. The van der Waals surface area contributed by atoms with E-state index in [1.807, 2.05) is 13.1 Å². The SMILES string of the molecule is CNc1cncc(Oc2cc(OC)c(OC)c(OC)c2)c1. The summed E-state index contributed by atoms with van der Waals surface area (Å²) in [5, 5.41) is 3.00. The van der Waals surface area contributed by atoms with Gasteiger partial charge in [-0.1, -0.05) is 0 Å². The van der Waals surface area contributed by atoms with E-state index < -0.39 is 0 Å². The number of hydrogen-bond donors (Lipinski definition) is 1. The van der Waals surface area contributed by atoms with Crippen molar-refractivity contribution < 1.29 is 18.9 Å². The fraction of sp³-hybridized carbons (Fsp3) is 0.267. The summed E-state index contributed by atoms with van der Waals surface area (Å²) in [6.45, 7) is 0. The highest BCUT2D eigenvalue weighted by Gasteiger charge is 2.14. The third-order valence-electron chi connectivity index (χ3n) is 2.88. The average Bonchev–Trinajstić information content (AvgIpc) is 2.53. The first-order valence-corrected chi connectivity index (χ1v) is 6.32. The van der Waals surface area contributed by atoms with E-state index in [1.54, 1.807) is 45.9 Å². The van der Waals surface area contributed by atoms with E-state index in [-0.39, 0.29) is 0 Å². The summed E-state index contributed by atoms with van der Waals surface area (Å²) in [5.74, 6) is 2.76. The number of nitrogens with zero attached hydrogens (tertiary/aromatic N) is 1. The third kappa shape index (κ3) is 3.28. The van der Waals surface area contributed by atoms with Crippen molar-refractivity contribution in [3.05, 3.63) is 30.6 Å². The van der Waals surface area contributed by atoms with Crippen molar-refractivity contribution in [1.82, 2.24) is 4.98 Å². The van der Waals surface area contributed by atoms with Gasteiger partial charge >= 0.3 is 0 Å². The lowest BCUT2D eigenvalue weighted by atomic mass is 10.2. The summed E-state index contributed by atoms with van der Waals surface area (Å²) < 4.78 is 21.6. The van der Waals surface area contributed by atoms with Crippen LogP contribution in [0.4, 0.5) is 5.69 Å². The molecule has 0 aliphatic rings. The lowest BCUT2D eigenvalue weighted by Crippen LogP contribution is -1.96. The summed E-state index contributed by atoms with van der Waals surface area (Å²) in [5.41, 5.74) is 0.861. The van der Waals surface area contributed by atoms with Crippen molar-refractivity contribution in [3.63, 3.8) is 0 Å². The molecule has 1 aromatic heterocycles. The number of pyridine rings is 1. The number of rotatable bonds is 6. The van der Waals surface area contributed by atoms with Crippen LogP contribution in [0.15, 0.2) is 30.6 Å². The van der Waals surface area contributed by atoms with E-state index in [9.17, 15) is 0 Å². The van der Waals surface area contributed by atoms with Crippen LogP contribution in [0.2, 0.25) is 0 Å². The Balaban J connectivity index is 2.35. The van der Waals surface area contributed by atoms with Gasteiger partial charge in [0.2, 0.25) is 5.75 Å². The summed E-state index contributed by atoms with van der Waals surface area (Å²) >= 11 is 0. The first kappa shape index (κ1) is 14.8. The van der Waals surface area contributed by atoms with Crippen molar-refractivity contribution in [1.29, 1.82) is 0 Å². The molecule has 1 heterocycles. The highest BCUT2D eigenvalue weighted by atomic mass is 16.5. The van der Waals surface area contributed by atoms with E-state index >= 15 is 0 Å². The maximum atomic E-state index is 5.79. The largest absolute Gasteiger partial charge is 0.493 e. The molecule has 1 N–H and O–H groups in total. The number of hydrogen-bond acceptors (Lipinski definition) is 6. The number of ether oxygens (including phenoxy) is 4. The average molecular weight is 290 g/mol. The minimum Gasteiger partial charge on any atom is -0.493 e. The molecule has 21 heavy (non-hydrogen) atoms. The van der Waals surface area contributed by atoms with E-state index in [4.69, 9.17) is 18.9 Å². The quantitative estimate of drug-likeness (QED) is 0.882. The molecule has 0 unspecified atom stereocenters. The van der Waals surface area contributed by atoms with Gasteiger partial charge < -0.3 is 24.3 Å². The Morgan fingerprint density at radius 3 is 2.05 bits per heavy atom. The smallest absolute Gasteiger partial charge is 0.203 e. The normalized spacial score (nSPS) is 9.90. The van der Waals surface area contributed by atoms with Gasteiger partial charge in [-0.15, -0.1) is 0 Å². The highest BCUT2D eigenvalue weighted by Crippen LogP contribution is 2.41. The zero-order valence-corrected chi connectivity index (χ0v) is 12.5. The molecule has 0 spiro atoms. The standard InChI is InChI=1S/C15H18N2O4/c1-16-10-5-12(9-17-8-10)21-11-6-13(18-2)15(20-4)14(7-11)19-3/h5-9,16H,1-4H3. The van der Waals surface area contributed by atoms with Crippen molar-refractivity contribution >= 4 is 5.69 Å². The van der Waals surface area contributed by atoms with Crippen LogP contribution in [0, 0.1) is 0 Å². The molecule has 1 aromatic carbocycles. The van der Waals surface area contributed by atoms with Crippen molar-refractivity contribution in [2.75, 3.05) is 33.7 Å². The fourth-order valence-electron chi connectivity index (χ4n) is 1.86. The Morgan fingerprint density at radius 1 is 0.857 bits per heavy atom. The molecule has 0 saturated heterocycles. The predicted molar refractivity (Wildman–Crippen MR) is 80.0 cm³/mol. The molecule has 0 aliphatic carbocycles. The second-order valence-corrected chi connectivity index (χ2v) is 4.12. The molecule has 0 saturated carbocycles. The van der Waals surface area contributed by atoms with Gasteiger partial charge in [0, 0.05) is 25.2 Å². The van der Waals surface area contributed by atoms with Gasteiger partial charge in [0.15, 0.2) is 11.5 Å². The number of methoxy groups -OCH3 is 3. The second kappa shape index (κ2) is 6.69. The van der Waals surface area contributed by atoms with Gasteiger partial charge in [-0.05, 0) is 0 Å². The molecule has 0 aliphatic heterocycles. The molecular formula is C15H18N2O4. The van der Waals surface area contributed by atoms with Crippen molar-refractivity contribution in [2.45, 2.75) is 0 Å². The lowest BCUT2D eigenvalue weighted by Gasteiger charge is -2.14. The molecule has 0 bridgehead atoms. The summed E-state index contributed by atoms with van der Waals surface area (Å²) in [4.78, 5) is 4.10. The fourth-order valence-corrected chi connectivity index (χ4v) is 1.86. The zero-order valence-electron chi connectivity index (χ0n) is 12.5. The van der Waals surface area contributed by atoms with Crippen LogP contribution in [0.25, 0.3) is 0 Å². The van der Waals surface area contributed by atoms with Crippen LogP contribution >= 0.6 is 0 Å². The first-order chi connectivity index (χ1) is 10.2. The minimum absolute atomic E-state index is 0.523. The maximum absolute atomic E-state index is 5.79. The Bertz CT molecular complexity index is 591. The third-order valence-corrected chi connectivity index (χ3v) is 2.88. The molecule has 0 atom stereocenters. The molecule has 0 fully saturated rings. The predicted octanol–water partition coefficient (Wildman–Crippen LogP) is 2.94. The maximum Gasteiger partial charge on any atom is 0.203 e. The Kier molecular flexibility index (Phi) is 4.71. The summed E-state index contributed by atoms with van der Waals surface area (Å²) in [6.07, 6.45) is 3.34. The molecule has 0 amide bonds. The van der Waals surface area contributed by atoms with E-state index in [1.165, 1.54) is 0 Å². The van der Waals surface area contributed by atoms with Gasteiger partial charge in [-0.3, -0.25) is 4.98 Å². The van der Waals surface area contributed by atoms with Crippen molar-refractivity contribution in [2.24, 2.45) is 0 Å². The molecule has 0 radical (unpaired) electrons. The lowest BCUT2D eigenvalue weighted by molar-refractivity contribution is 0.321. The number of anilines is 1. The van der Waals surface area contributed by atoms with Crippen LogP contribution in [-0.2, 0) is 0 Å². The number of nitrogens with one attached hydrogen (secondary N) is 1. The molecular weight excluding hydrogens is 272 g/mol. The summed E-state index contributed by atoms with van der Waals surface area (Å²) in [6, 6.07) is 5.30. The van der Waals surface area contributed by atoms with E-state index in [0.717, 1.165) is 5.69 Å². The Morgan fingerprint density at radius 2 is 1.52 bits per heavy atom. The number of benzene rings is 1. The monoisotopic (exact) mass is 290 g/mol. The van der Waals surface area contributed by atoms with Crippen LogP contribution < -0.4 is 24.3 Å². The van der Waals surface area contributed by atoms with Gasteiger partial charge in [-0.25, -0.2) is 0 Å². The van der Waals surface area contributed by atoms with E-state index in [0.29, 0.717) is 28.7 Å². The topological polar surface area (TPSA) is 61.8 Å². The van der Waals surface area contributed by atoms with Gasteiger partial charge in [0.05, 0.1) is 39.4 Å². The van der Waals surface area contributed by atoms with Crippen LogP contribution in [-0.4, -0.2) is 33.4 Å². The second-order valence-electron chi connectivity index (χ2n) is 4.12.